The highest BCUT2D eigenvalue weighted by Gasteiger charge is 2.20. The Bertz CT molecular complexity index is 997. The Kier molecular flexibility index (Phi) is 7.53. The highest BCUT2D eigenvalue weighted by atomic mass is 16.5. The maximum Gasteiger partial charge on any atom is 0.273 e. The van der Waals surface area contributed by atoms with Gasteiger partial charge in [0, 0.05) is 39.3 Å². The predicted molar refractivity (Wildman–Crippen MR) is 123 cm³/mol. The van der Waals surface area contributed by atoms with Crippen LogP contribution in [0.3, 0.4) is 0 Å². The SMILES string of the molecule is COc1ccccc1CCNC(=O)c1coc(CN2CCN(Cc3ccccc3)CC2)n1. The van der Waals surface area contributed by atoms with Crippen molar-refractivity contribution in [3.63, 3.8) is 0 Å². The quantitative estimate of drug-likeness (QED) is 0.558. The lowest BCUT2D eigenvalue weighted by Gasteiger charge is -2.34. The van der Waals surface area contributed by atoms with Crippen molar-refractivity contribution in [2.45, 2.75) is 19.5 Å². The number of para-hydroxylation sites is 1. The number of nitrogens with zero attached hydrogens (tertiary/aromatic N) is 3. The summed E-state index contributed by atoms with van der Waals surface area (Å²) in [5, 5.41) is 2.91. The molecule has 32 heavy (non-hydrogen) atoms. The molecule has 0 aliphatic carbocycles. The van der Waals surface area contributed by atoms with Crippen LogP contribution < -0.4 is 10.1 Å². The van der Waals surface area contributed by atoms with Crippen LogP contribution in [-0.2, 0) is 19.5 Å². The Hall–Kier alpha value is -3.16. The monoisotopic (exact) mass is 434 g/mol. The Morgan fingerprint density at radius 3 is 2.44 bits per heavy atom. The zero-order chi connectivity index (χ0) is 22.2. The van der Waals surface area contributed by atoms with Gasteiger partial charge < -0.3 is 14.5 Å². The van der Waals surface area contributed by atoms with Gasteiger partial charge in [0.15, 0.2) is 5.69 Å². The van der Waals surface area contributed by atoms with Gasteiger partial charge in [-0.25, -0.2) is 4.98 Å². The summed E-state index contributed by atoms with van der Waals surface area (Å²) in [6.07, 6.45) is 2.13. The van der Waals surface area contributed by atoms with Gasteiger partial charge in [0.2, 0.25) is 5.89 Å². The molecule has 7 nitrogen and oxygen atoms in total. The third-order valence-electron chi connectivity index (χ3n) is 5.73. The van der Waals surface area contributed by atoms with Gasteiger partial charge in [-0.1, -0.05) is 48.5 Å². The molecule has 0 bridgehead atoms. The van der Waals surface area contributed by atoms with E-state index in [2.05, 4.69) is 44.4 Å². The fourth-order valence-electron chi connectivity index (χ4n) is 3.94. The van der Waals surface area contributed by atoms with Crippen molar-refractivity contribution in [1.82, 2.24) is 20.1 Å². The first-order chi connectivity index (χ1) is 15.7. The van der Waals surface area contributed by atoms with E-state index in [0.717, 1.165) is 44.0 Å². The Morgan fingerprint density at radius 1 is 1.00 bits per heavy atom. The average Bonchev–Trinajstić information content (AvgIpc) is 3.30. The molecule has 1 saturated heterocycles. The molecule has 0 radical (unpaired) electrons. The van der Waals surface area contributed by atoms with Crippen molar-refractivity contribution >= 4 is 5.91 Å². The largest absolute Gasteiger partial charge is 0.496 e. The number of hydrogen-bond acceptors (Lipinski definition) is 6. The molecule has 1 aliphatic rings. The average molecular weight is 435 g/mol. The maximum absolute atomic E-state index is 12.4. The fraction of sp³-hybridized carbons (Fsp3) is 0.360. The number of oxazole rings is 1. The summed E-state index contributed by atoms with van der Waals surface area (Å²) in [5.41, 5.74) is 2.72. The standard InChI is InChI=1S/C25H30N4O3/c1-31-23-10-6-5-9-21(23)11-12-26-25(30)22-19-32-24(27-22)18-29-15-13-28(14-16-29)17-20-7-3-2-4-8-20/h2-10,19H,11-18H2,1H3,(H,26,30). The molecular formula is C25H30N4O3. The van der Waals surface area contributed by atoms with Gasteiger partial charge in [0.05, 0.1) is 13.7 Å². The molecule has 1 amide bonds. The van der Waals surface area contributed by atoms with Crippen molar-refractivity contribution in [2.24, 2.45) is 0 Å². The molecule has 0 saturated carbocycles. The molecule has 0 atom stereocenters. The Morgan fingerprint density at radius 2 is 1.69 bits per heavy atom. The lowest BCUT2D eigenvalue weighted by molar-refractivity contribution is 0.0948. The van der Waals surface area contributed by atoms with E-state index in [9.17, 15) is 4.79 Å². The van der Waals surface area contributed by atoms with Crippen LogP contribution in [0.5, 0.6) is 5.75 Å². The number of rotatable bonds is 9. The van der Waals surface area contributed by atoms with Gasteiger partial charge in [-0.2, -0.15) is 0 Å². The smallest absolute Gasteiger partial charge is 0.273 e. The first kappa shape index (κ1) is 22.0. The number of hydrogen-bond donors (Lipinski definition) is 1. The third-order valence-corrected chi connectivity index (χ3v) is 5.73. The van der Waals surface area contributed by atoms with Crippen LogP contribution in [0.1, 0.15) is 27.5 Å². The second-order valence-corrected chi connectivity index (χ2v) is 7.98. The number of nitrogens with one attached hydrogen (secondary N) is 1. The normalized spacial score (nSPS) is 14.9. The van der Waals surface area contributed by atoms with Crippen molar-refractivity contribution < 1.29 is 13.9 Å². The van der Waals surface area contributed by atoms with Crippen molar-refractivity contribution in [2.75, 3.05) is 39.8 Å². The van der Waals surface area contributed by atoms with Gasteiger partial charge >= 0.3 is 0 Å². The summed E-state index contributed by atoms with van der Waals surface area (Å²) in [5.74, 6) is 1.19. The lowest BCUT2D eigenvalue weighted by Crippen LogP contribution is -2.45. The molecule has 0 unspecified atom stereocenters. The number of benzene rings is 2. The van der Waals surface area contributed by atoms with Gasteiger partial charge in [-0.3, -0.25) is 14.6 Å². The van der Waals surface area contributed by atoms with E-state index in [1.165, 1.54) is 11.8 Å². The van der Waals surface area contributed by atoms with E-state index in [4.69, 9.17) is 9.15 Å². The van der Waals surface area contributed by atoms with Gasteiger partial charge in [0.25, 0.3) is 5.91 Å². The van der Waals surface area contributed by atoms with Crippen LogP contribution in [0.4, 0.5) is 0 Å². The highest BCUT2D eigenvalue weighted by molar-refractivity contribution is 5.91. The number of methoxy groups -OCH3 is 1. The number of aromatic nitrogens is 1. The van der Waals surface area contributed by atoms with E-state index in [1.807, 2.05) is 30.3 Å². The van der Waals surface area contributed by atoms with Gasteiger partial charge in [-0.05, 0) is 23.6 Å². The summed E-state index contributed by atoms with van der Waals surface area (Å²) in [4.78, 5) is 21.6. The molecule has 0 spiro atoms. The Balaban J connectivity index is 1.20. The summed E-state index contributed by atoms with van der Waals surface area (Å²) >= 11 is 0. The first-order valence-electron chi connectivity index (χ1n) is 11.0. The molecule has 4 rings (SSSR count). The Labute approximate surface area is 189 Å². The molecule has 1 aromatic heterocycles. The molecule has 7 heteroatoms. The van der Waals surface area contributed by atoms with Gasteiger partial charge in [-0.15, -0.1) is 0 Å². The molecule has 3 aromatic rings. The van der Waals surface area contributed by atoms with Crippen LogP contribution in [0.15, 0.2) is 65.3 Å². The molecule has 1 N–H and O–H groups in total. The molecule has 168 valence electrons. The summed E-state index contributed by atoms with van der Waals surface area (Å²) in [6, 6.07) is 18.4. The summed E-state index contributed by atoms with van der Waals surface area (Å²) < 4.78 is 10.9. The molecule has 2 heterocycles. The molecule has 2 aromatic carbocycles. The first-order valence-corrected chi connectivity index (χ1v) is 11.0. The molecule has 1 fully saturated rings. The molecule has 1 aliphatic heterocycles. The van der Waals surface area contributed by atoms with E-state index in [-0.39, 0.29) is 5.91 Å². The predicted octanol–water partition coefficient (Wildman–Crippen LogP) is 2.97. The minimum Gasteiger partial charge on any atom is -0.496 e. The number of amides is 1. The van der Waals surface area contributed by atoms with Crippen LogP contribution in [0.2, 0.25) is 0 Å². The van der Waals surface area contributed by atoms with Crippen molar-refractivity contribution in [3.8, 4) is 5.75 Å². The highest BCUT2D eigenvalue weighted by Crippen LogP contribution is 2.17. The van der Waals surface area contributed by atoms with Crippen LogP contribution in [0.25, 0.3) is 0 Å². The van der Waals surface area contributed by atoms with Crippen molar-refractivity contribution in [1.29, 1.82) is 0 Å². The van der Waals surface area contributed by atoms with E-state index in [0.29, 0.717) is 31.1 Å². The topological polar surface area (TPSA) is 70.8 Å². The van der Waals surface area contributed by atoms with E-state index < -0.39 is 0 Å². The fourth-order valence-corrected chi connectivity index (χ4v) is 3.94. The maximum atomic E-state index is 12.4. The van der Waals surface area contributed by atoms with Gasteiger partial charge in [0.1, 0.15) is 12.0 Å². The van der Waals surface area contributed by atoms with Crippen LogP contribution in [-0.4, -0.2) is 60.5 Å². The number of piperazine rings is 1. The minimum atomic E-state index is -0.220. The number of carbonyl (C=O) groups excluding carboxylic acids is 1. The zero-order valence-corrected chi connectivity index (χ0v) is 18.5. The minimum absolute atomic E-state index is 0.220. The van der Waals surface area contributed by atoms with Crippen molar-refractivity contribution in [3.05, 3.63) is 83.6 Å². The van der Waals surface area contributed by atoms with Crippen LogP contribution >= 0.6 is 0 Å². The zero-order valence-electron chi connectivity index (χ0n) is 18.5. The second-order valence-electron chi connectivity index (χ2n) is 7.98. The molecular weight excluding hydrogens is 404 g/mol. The number of carbonyl (C=O) groups is 1. The third kappa shape index (κ3) is 5.96. The van der Waals surface area contributed by atoms with Crippen LogP contribution in [0, 0.1) is 0 Å². The number of ether oxygens (including phenoxy) is 1. The van der Waals surface area contributed by atoms with E-state index in [1.54, 1.807) is 7.11 Å². The summed E-state index contributed by atoms with van der Waals surface area (Å²) in [7, 11) is 1.65. The second kappa shape index (κ2) is 10.9. The lowest BCUT2D eigenvalue weighted by atomic mass is 10.1. The van der Waals surface area contributed by atoms with E-state index >= 15 is 0 Å². The summed E-state index contributed by atoms with van der Waals surface area (Å²) in [6.45, 7) is 6.02.